The van der Waals surface area contributed by atoms with Gasteiger partial charge in [0.25, 0.3) is 0 Å². The molecule has 96 valence electrons. The lowest BCUT2D eigenvalue weighted by molar-refractivity contribution is -0.299. The fraction of sp³-hybridized carbons (Fsp3) is 0.875. The first-order valence-corrected chi connectivity index (χ1v) is 4.40. The Kier molecular flexibility index (Phi) is 5.11. The van der Waals surface area contributed by atoms with E-state index in [4.69, 9.17) is 5.11 Å². The Morgan fingerprint density at radius 1 is 1.31 bits per heavy atom. The molecule has 8 heteroatoms. The highest BCUT2D eigenvalue weighted by Gasteiger charge is 2.58. The highest BCUT2D eigenvalue weighted by atomic mass is 19.4. The van der Waals surface area contributed by atoms with Crippen molar-refractivity contribution < 1.29 is 36.6 Å². The van der Waals surface area contributed by atoms with E-state index in [2.05, 4.69) is 4.74 Å². The third kappa shape index (κ3) is 4.30. The van der Waals surface area contributed by atoms with E-state index in [1.54, 1.807) is 6.92 Å². The van der Waals surface area contributed by atoms with Crippen LogP contribution < -0.4 is 0 Å². The molecule has 0 spiro atoms. The molecule has 0 heterocycles. The number of halogens is 5. The minimum absolute atomic E-state index is 0.122. The zero-order chi connectivity index (χ0) is 13.0. The highest BCUT2D eigenvalue weighted by molar-refractivity contribution is 5.72. The van der Waals surface area contributed by atoms with Crippen molar-refractivity contribution in [2.24, 2.45) is 0 Å². The number of hydrogen-bond donors (Lipinski definition) is 1. The van der Waals surface area contributed by atoms with E-state index in [1.807, 2.05) is 0 Å². The summed E-state index contributed by atoms with van der Waals surface area (Å²) in [6, 6.07) is 0. The lowest BCUT2D eigenvalue weighted by Gasteiger charge is -2.21. The number of ether oxygens (including phenoxy) is 1. The molecule has 0 radical (unpaired) electrons. The van der Waals surface area contributed by atoms with Crippen molar-refractivity contribution in [2.45, 2.75) is 38.0 Å². The number of carboxylic acids is 1. The van der Waals surface area contributed by atoms with Crippen LogP contribution in [0.5, 0.6) is 0 Å². The Morgan fingerprint density at radius 2 is 1.81 bits per heavy atom. The summed E-state index contributed by atoms with van der Waals surface area (Å²) in [5.74, 6) is -6.59. The SMILES string of the molecule is CCCC(OCC(F)(F)C(F)(F)F)C(=O)O. The van der Waals surface area contributed by atoms with Gasteiger partial charge in [0.15, 0.2) is 6.10 Å². The molecular formula is C8H11F5O3. The van der Waals surface area contributed by atoms with Gasteiger partial charge >= 0.3 is 18.1 Å². The first kappa shape index (κ1) is 15.1. The standard InChI is InChI=1S/C8H11F5O3/c1-2-3-5(6(14)15)16-4-7(9,10)8(11,12)13/h5H,2-4H2,1H3,(H,14,15). The predicted octanol–water partition coefficient (Wildman–Crippen LogP) is 2.45. The van der Waals surface area contributed by atoms with Gasteiger partial charge in [-0.3, -0.25) is 0 Å². The molecular weight excluding hydrogens is 239 g/mol. The first-order chi connectivity index (χ1) is 7.12. The molecule has 0 saturated carbocycles. The van der Waals surface area contributed by atoms with Crippen molar-refractivity contribution in [3.63, 3.8) is 0 Å². The van der Waals surface area contributed by atoms with Crippen LogP contribution in [0.4, 0.5) is 22.0 Å². The van der Waals surface area contributed by atoms with Gasteiger partial charge in [-0.1, -0.05) is 13.3 Å². The molecule has 0 saturated heterocycles. The predicted molar refractivity (Wildman–Crippen MR) is 43.3 cm³/mol. The van der Waals surface area contributed by atoms with Crippen molar-refractivity contribution >= 4 is 5.97 Å². The Morgan fingerprint density at radius 3 is 2.12 bits per heavy atom. The van der Waals surface area contributed by atoms with Gasteiger partial charge in [0.1, 0.15) is 6.61 Å². The number of hydrogen-bond acceptors (Lipinski definition) is 2. The molecule has 0 bridgehead atoms. The van der Waals surface area contributed by atoms with Gasteiger partial charge < -0.3 is 9.84 Å². The zero-order valence-electron chi connectivity index (χ0n) is 8.35. The lowest BCUT2D eigenvalue weighted by Crippen LogP contribution is -2.42. The number of alkyl halides is 5. The van der Waals surface area contributed by atoms with Gasteiger partial charge in [0.2, 0.25) is 0 Å². The second-order valence-electron chi connectivity index (χ2n) is 3.13. The topological polar surface area (TPSA) is 46.5 Å². The summed E-state index contributed by atoms with van der Waals surface area (Å²) in [6.07, 6.45) is -7.20. The largest absolute Gasteiger partial charge is 0.479 e. The fourth-order valence-corrected chi connectivity index (χ4v) is 0.827. The molecule has 0 aromatic heterocycles. The van der Waals surface area contributed by atoms with Crippen LogP contribution in [0, 0.1) is 0 Å². The van der Waals surface area contributed by atoms with E-state index in [0.717, 1.165) is 0 Å². The second-order valence-corrected chi connectivity index (χ2v) is 3.13. The third-order valence-corrected chi connectivity index (χ3v) is 1.71. The molecule has 0 aliphatic heterocycles. The molecule has 16 heavy (non-hydrogen) atoms. The van der Waals surface area contributed by atoms with Crippen LogP contribution in [-0.2, 0) is 9.53 Å². The van der Waals surface area contributed by atoms with Crippen LogP contribution in [0.1, 0.15) is 19.8 Å². The van der Waals surface area contributed by atoms with Crippen LogP contribution in [0.25, 0.3) is 0 Å². The van der Waals surface area contributed by atoms with E-state index in [-0.39, 0.29) is 6.42 Å². The lowest BCUT2D eigenvalue weighted by atomic mass is 10.2. The average Bonchev–Trinajstić information content (AvgIpc) is 2.09. The molecule has 0 aliphatic carbocycles. The summed E-state index contributed by atoms with van der Waals surface area (Å²) >= 11 is 0. The Hall–Kier alpha value is -0.920. The van der Waals surface area contributed by atoms with Gasteiger partial charge in [-0.15, -0.1) is 0 Å². The third-order valence-electron chi connectivity index (χ3n) is 1.71. The Labute approximate surface area is 88.2 Å². The highest BCUT2D eigenvalue weighted by Crippen LogP contribution is 2.35. The summed E-state index contributed by atoms with van der Waals surface area (Å²) in [5.41, 5.74) is 0. The van der Waals surface area contributed by atoms with Crippen LogP contribution in [0.2, 0.25) is 0 Å². The van der Waals surface area contributed by atoms with Gasteiger partial charge in [0, 0.05) is 0 Å². The molecule has 0 fully saturated rings. The zero-order valence-corrected chi connectivity index (χ0v) is 8.35. The Bertz CT molecular complexity index is 238. The smallest absolute Gasteiger partial charge is 0.455 e. The molecule has 0 amide bonds. The van der Waals surface area contributed by atoms with Crippen LogP contribution in [0.15, 0.2) is 0 Å². The van der Waals surface area contributed by atoms with Gasteiger partial charge in [-0.2, -0.15) is 22.0 Å². The molecule has 1 atom stereocenters. The summed E-state index contributed by atoms with van der Waals surface area (Å²) in [5, 5.41) is 8.45. The maximum Gasteiger partial charge on any atom is 0.455 e. The summed E-state index contributed by atoms with van der Waals surface area (Å²) in [4.78, 5) is 10.4. The van der Waals surface area contributed by atoms with Crippen molar-refractivity contribution in [1.82, 2.24) is 0 Å². The molecule has 1 unspecified atom stereocenters. The normalized spacial score (nSPS) is 14.9. The summed E-state index contributed by atoms with van der Waals surface area (Å²) in [6.45, 7) is -0.422. The van der Waals surface area contributed by atoms with Crippen molar-refractivity contribution in [3.8, 4) is 0 Å². The van der Waals surface area contributed by atoms with Crippen molar-refractivity contribution in [1.29, 1.82) is 0 Å². The minimum Gasteiger partial charge on any atom is -0.479 e. The number of carbonyl (C=O) groups is 1. The van der Waals surface area contributed by atoms with Gasteiger partial charge in [0.05, 0.1) is 0 Å². The average molecular weight is 250 g/mol. The van der Waals surface area contributed by atoms with E-state index in [9.17, 15) is 26.7 Å². The number of carboxylic acid groups (broad SMARTS) is 1. The summed E-state index contributed by atoms with van der Waals surface area (Å²) in [7, 11) is 0. The van der Waals surface area contributed by atoms with Crippen molar-refractivity contribution in [2.75, 3.05) is 6.61 Å². The van der Waals surface area contributed by atoms with Crippen molar-refractivity contribution in [3.05, 3.63) is 0 Å². The monoisotopic (exact) mass is 250 g/mol. The number of rotatable bonds is 6. The van der Waals surface area contributed by atoms with Crippen LogP contribution in [-0.4, -0.2) is 35.9 Å². The Balaban J connectivity index is 4.36. The van der Waals surface area contributed by atoms with E-state index < -0.39 is 30.8 Å². The molecule has 3 nitrogen and oxygen atoms in total. The fourth-order valence-electron chi connectivity index (χ4n) is 0.827. The minimum atomic E-state index is -5.73. The van der Waals surface area contributed by atoms with Crippen LogP contribution >= 0.6 is 0 Å². The quantitative estimate of drug-likeness (QED) is 0.736. The van der Waals surface area contributed by atoms with E-state index in [1.165, 1.54) is 0 Å². The van der Waals surface area contributed by atoms with Gasteiger partial charge in [-0.25, -0.2) is 4.79 Å². The molecule has 0 aliphatic rings. The number of aliphatic carboxylic acids is 1. The van der Waals surface area contributed by atoms with E-state index in [0.29, 0.717) is 6.42 Å². The molecule has 1 N–H and O–H groups in total. The maximum atomic E-state index is 12.4. The maximum absolute atomic E-state index is 12.4. The van der Waals surface area contributed by atoms with Gasteiger partial charge in [-0.05, 0) is 6.42 Å². The molecule has 0 aromatic carbocycles. The molecule has 0 rings (SSSR count). The second kappa shape index (κ2) is 5.42. The molecule has 0 aromatic rings. The van der Waals surface area contributed by atoms with Crippen LogP contribution in [0.3, 0.4) is 0 Å². The first-order valence-electron chi connectivity index (χ1n) is 4.40. The van der Waals surface area contributed by atoms with E-state index >= 15 is 0 Å². The summed E-state index contributed by atoms with van der Waals surface area (Å²) < 4.78 is 63.8.